The molecule has 2 aromatic carbocycles. The first-order chi connectivity index (χ1) is 11.1. The van der Waals surface area contributed by atoms with Gasteiger partial charge in [-0.05, 0) is 48.9 Å². The molecule has 2 nitrogen and oxygen atoms in total. The van der Waals surface area contributed by atoms with Crippen LogP contribution in [0.4, 0.5) is 22.0 Å². The predicted octanol–water partition coefficient (Wildman–Crippen LogP) is 4.82. The molecule has 0 aliphatic heterocycles. The number of hydrogen-bond donors (Lipinski definition) is 0. The van der Waals surface area contributed by atoms with Crippen LogP contribution in [-0.4, -0.2) is 17.9 Å². The van der Waals surface area contributed by atoms with Crippen molar-refractivity contribution in [2.45, 2.75) is 19.1 Å². The SMILES string of the molecule is CC(c1ccc(F)c(F)c1)N(C)C(=O)c1ccc(C(F)(F)F)cc1. The second-order valence-corrected chi connectivity index (χ2v) is 5.34. The standard InChI is InChI=1S/C17H14F5NO/c1-10(12-5-8-14(18)15(19)9-12)23(2)16(24)11-3-6-13(7-4-11)17(20,21)22/h3-10H,1-2H3. The van der Waals surface area contributed by atoms with Gasteiger partial charge in [-0.2, -0.15) is 13.2 Å². The van der Waals surface area contributed by atoms with Gasteiger partial charge in [-0.3, -0.25) is 4.79 Å². The first-order valence-corrected chi connectivity index (χ1v) is 7.00. The minimum absolute atomic E-state index is 0.0694. The molecule has 1 amide bonds. The van der Waals surface area contributed by atoms with Crippen molar-refractivity contribution < 1.29 is 26.7 Å². The van der Waals surface area contributed by atoms with E-state index in [9.17, 15) is 26.7 Å². The van der Waals surface area contributed by atoms with Crippen LogP contribution in [0.15, 0.2) is 42.5 Å². The lowest BCUT2D eigenvalue weighted by Gasteiger charge is -2.25. The third-order valence-electron chi connectivity index (χ3n) is 3.79. The summed E-state index contributed by atoms with van der Waals surface area (Å²) in [5.74, 6) is -2.56. The monoisotopic (exact) mass is 343 g/mol. The fraction of sp³-hybridized carbons (Fsp3) is 0.235. The number of carbonyl (C=O) groups is 1. The van der Waals surface area contributed by atoms with Gasteiger partial charge in [-0.25, -0.2) is 8.78 Å². The summed E-state index contributed by atoms with van der Waals surface area (Å²) in [6, 6.07) is 6.51. The van der Waals surface area contributed by atoms with Gasteiger partial charge in [0.05, 0.1) is 11.6 Å². The van der Waals surface area contributed by atoms with Crippen LogP contribution in [0.25, 0.3) is 0 Å². The number of carbonyl (C=O) groups excluding carboxylic acids is 1. The van der Waals surface area contributed by atoms with E-state index in [2.05, 4.69) is 0 Å². The van der Waals surface area contributed by atoms with Gasteiger partial charge < -0.3 is 4.90 Å². The van der Waals surface area contributed by atoms with E-state index in [-0.39, 0.29) is 5.56 Å². The summed E-state index contributed by atoms with van der Waals surface area (Å²) < 4.78 is 63.9. The van der Waals surface area contributed by atoms with Crippen molar-refractivity contribution in [1.29, 1.82) is 0 Å². The summed E-state index contributed by atoms with van der Waals surface area (Å²) in [6.45, 7) is 1.61. The van der Waals surface area contributed by atoms with Crippen molar-refractivity contribution in [3.63, 3.8) is 0 Å². The number of hydrogen-bond acceptors (Lipinski definition) is 1. The molecule has 1 unspecified atom stereocenters. The molecule has 128 valence electrons. The highest BCUT2D eigenvalue weighted by Gasteiger charge is 2.30. The summed E-state index contributed by atoms with van der Waals surface area (Å²) >= 11 is 0. The predicted molar refractivity (Wildman–Crippen MR) is 78.3 cm³/mol. The molecule has 0 radical (unpaired) electrons. The summed E-state index contributed by atoms with van der Waals surface area (Å²) in [6.07, 6.45) is -4.48. The maximum Gasteiger partial charge on any atom is 0.416 e. The zero-order chi connectivity index (χ0) is 18.1. The molecule has 0 heterocycles. The van der Waals surface area contributed by atoms with Gasteiger partial charge in [0.1, 0.15) is 0 Å². The van der Waals surface area contributed by atoms with E-state index >= 15 is 0 Å². The van der Waals surface area contributed by atoms with E-state index in [4.69, 9.17) is 0 Å². The molecule has 0 saturated carbocycles. The van der Waals surface area contributed by atoms with Crippen LogP contribution in [0.1, 0.15) is 34.5 Å². The van der Waals surface area contributed by atoms with E-state index in [1.165, 1.54) is 18.0 Å². The Kier molecular flexibility index (Phi) is 4.91. The van der Waals surface area contributed by atoms with Gasteiger partial charge in [-0.1, -0.05) is 6.07 Å². The highest BCUT2D eigenvalue weighted by molar-refractivity contribution is 5.94. The largest absolute Gasteiger partial charge is 0.416 e. The number of rotatable bonds is 3. The second kappa shape index (κ2) is 6.59. The van der Waals surface area contributed by atoms with Crippen LogP contribution in [0.5, 0.6) is 0 Å². The van der Waals surface area contributed by atoms with Gasteiger partial charge in [0, 0.05) is 12.6 Å². The van der Waals surface area contributed by atoms with Crippen molar-refractivity contribution in [3.8, 4) is 0 Å². The zero-order valence-corrected chi connectivity index (χ0v) is 12.9. The number of alkyl halides is 3. The van der Waals surface area contributed by atoms with Crippen molar-refractivity contribution >= 4 is 5.91 Å². The Labute approximate surface area is 135 Å². The van der Waals surface area contributed by atoms with Gasteiger partial charge in [0.25, 0.3) is 5.91 Å². The van der Waals surface area contributed by atoms with E-state index in [0.717, 1.165) is 36.4 Å². The first kappa shape index (κ1) is 17.9. The fourth-order valence-corrected chi connectivity index (χ4v) is 2.18. The minimum atomic E-state index is -4.48. The number of amides is 1. The van der Waals surface area contributed by atoms with Gasteiger partial charge in [0.2, 0.25) is 0 Å². The van der Waals surface area contributed by atoms with Gasteiger partial charge >= 0.3 is 6.18 Å². The molecule has 0 N–H and O–H groups in total. The number of halogens is 5. The lowest BCUT2D eigenvalue weighted by Crippen LogP contribution is -2.29. The third kappa shape index (κ3) is 3.72. The molecule has 0 aliphatic rings. The highest BCUT2D eigenvalue weighted by Crippen LogP contribution is 2.29. The molecule has 24 heavy (non-hydrogen) atoms. The lowest BCUT2D eigenvalue weighted by atomic mass is 10.1. The van der Waals surface area contributed by atoms with Crippen molar-refractivity contribution in [3.05, 3.63) is 70.8 Å². The average molecular weight is 343 g/mol. The Bertz CT molecular complexity index is 740. The molecular weight excluding hydrogens is 329 g/mol. The fourth-order valence-electron chi connectivity index (χ4n) is 2.18. The number of nitrogens with zero attached hydrogens (tertiary/aromatic N) is 1. The minimum Gasteiger partial charge on any atom is -0.335 e. The van der Waals surface area contributed by atoms with Crippen LogP contribution < -0.4 is 0 Å². The summed E-state index contributed by atoms with van der Waals surface area (Å²) in [5.41, 5.74) is -0.410. The average Bonchev–Trinajstić information content (AvgIpc) is 2.54. The summed E-state index contributed by atoms with van der Waals surface area (Å²) in [4.78, 5) is 13.6. The topological polar surface area (TPSA) is 20.3 Å². The normalized spacial score (nSPS) is 12.8. The van der Waals surface area contributed by atoms with E-state index in [1.807, 2.05) is 0 Å². The Morgan fingerprint density at radius 2 is 1.58 bits per heavy atom. The smallest absolute Gasteiger partial charge is 0.335 e. The molecular formula is C17H14F5NO. The second-order valence-electron chi connectivity index (χ2n) is 5.34. The van der Waals surface area contributed by atoms with Gasteiger partial charge in [-0.15, -0.1) is 0 Å². The van der Waals surface area contributed by atoms with Crippen molar-refractivity contribution in [2.24, 2.45) is 0 Å². The molecule has 0 aromatic heterocycles. The molecule has 7 heteroatoms. The summed E-state index contributed by atoms with van der Waals surface area (Å²) in [5, 5.41) is 0. The van der Waals surface area contributed by atoms with E-state index < -0.39 is 35.3 Å². The Hall–Kier alpha value is -2.44. The molecule has 2 rings (SSSR count). The number of benzene rings is 2. The van der Waals surface area contributed by atoms with Gasteiger partial charge in [0.15, 0.2) is 11.6 Å². The Balaban J connectivity index is 2.20. The van der Waals surface area contributed by atoms with Crippen LogP contribution >= 0.6 is 0 Å². The lowest BCUT2D eigenvalue weighted by molar-refractivity contribution is -0.137. The van der Waals surface area contributed by atoms with E-state index in [0.29, 0.717) is 5.56 Å². The first-order valence-electron chi connectivity index (χ1n) is 7.00. The molecule has 0 fully saturated rings. The summed E-state index contributed by atoms with van der Waals surface area (Å²) in [7, 11) is 1.44. The Morgan fingerprint density at radius 3 is 2.08 bits per heavy atom. The molecule has 1 atom stereocenters. The van der Waals surface area contributed by atoms with Crippen LogP contribution in [0.2, 0.25) is 0 Å². The highest BCUT2D eigenvalue weighted by atomic mass is 19.4. The van der Waals surface area contributed by atoms with Crippen LogP contribution in [0.3, 0.4) is 0 Å². The van der Waals surface area contributed by atoms with Crippen molar-refractivity contribution in [1.82, 2.24) is 4.90 Å². The molecule has 0 saturated heterocycles. The van der Waals surface area contributed by atoms with E-state index in [1.54, 1.807) is 6.92 Å². The molecule has 0 spiro atoms. The quantitative estimate of drug-likeness (QED) is 0.732. The molecule has 2 aromatic rings. The maximum absolute atomic E-state index is 13.3. The zero-order valence-electron chi connectivity index (χ0n) is 12.9. The molecule has 0 aliphatic carbocycles. The molecule has 0 bridgehead atoms. The van der Waals surface area contributed by atoms with Crippen LogP contribution in [-0.2, 0) is 6.18 Å². The van der Waals surface area contributed by atoms with Crippen LogP contribution in [0, 0.1) is 11.6 Å². The third-order valence-corrected chi connectivity index (χ3v) is 3.79. The maximum atomic E-state index is 13.3. The van der Waals surface area contributed by atoms with Crippen molar-refractivity contribution in [2.75, 3.05) is 7.05 Å². The Morgan fingerprint density at radius 1 is 1.00 bits per heavy atom.